The zero-order valence-electron chi connectivity index (χ0n) is 22.0. The van der Waals surface area contributed by atoms with Crippen LogP contribution in [0.4, 0.5) is 4.39 Å². The first-order chi connectivity index (χ1) is 18.3. The average Bonchev–Trinajstić information content (AvgIpc) is 3.37. The van der Waals surface area contributed by atoms with Crippen LogP contribution in [0.5, 0.6) is 5.75 Å². The minimum Gasteiger partial charge on any atom is -0.491 e. The molecule has 9 heteroatoms. The predicted molar refractivity (Wildman–Crippen MR) is 141 cm³/mol. The molecule has 0 bridgehead atoms. The molecule has 2 heterocycles. The standard InChI is InChI=1S/C29H30FN3O5/c1-6-14-38-23-13-12-19(15-22(23)30)27-21(16-33(32-27)20-10-8-7-9-11-20)26-24(28(34)36-4)17(2)31-18(3)25(26)29(35)37-5/h7-13,15-16,24,26H,6,14H2,1-5H3/t24?,26-/m1/s1. The Balaban J connectivity index is 1.97. The van der Waals surface area contributed by atoms with Crippen molar-refractivity contribution in [1.82, 2.24) is 9.78 Å². The summed E-state index contributed by atoms with van der Waals surface area (Å²) in [6.07, 6.45) is 2.49. The van der Waals surface area contributed by atoms with Gasteiger partial charge in [-0.25, -0.2) is 13.9 Å². The van der Waals surface area contributed by atoms with Crippen molar-refractivity contribution < 1.29 is 28.2 Å². The molecule has 3 aromatic rings. The number of allylic oxidation sites excluding steroid dienone is 1. The molecule has 0 N–H and O–H groups in total. The Morgan fingerprint density at radius 3 is 2.42 bits per heavy atom. The van der Waals surface area contributed by atoms with Crippen LogP contribution >= 0.6 is 0 Å². The van der Waals surface area contributed by atoms with Crippen molar-refractivity contribution in [2.45, 2.75) is 33.1 Å². The summed E-state index contributed by atoms with van der Waals surface area (Å²) in [5, 5.41) is 4.79. The number of hydrogen-bond donors (Lipinski definition) is 0. The van der Waals surface area contributed by atoms with Crippen LogP contribution < -0.4 is 4.74 Å². The first-order valence-corrected chi connectivity index (χ1v) is 12.3. The van der Waals surface area contributed by atoms with Gasteiger partial charge in [-0.05, 0) is 50.6 Å². The lowest BCUT2D eigenvalue weighted by atomic mass is 9.75. The van der Waals surface area contributed by atoms with E-state index in [0.717, 1.165) is 12.1 Å². The van der Waals surface area contributed by atoms with E-state index in [1.54, 1.807) is 36.9 Å². The molecule has 0 amide bonds. The Kier molecular flexibility index (Phi) is 8.05. The molecular weight excluding hydrogens is 489 g/mol. The van der Waals surface area contributed by atoms with Crippen molar-refractivity contribution in [2.24, 2.45) is 10.9 Å². The van der Waals surface area contributed by atoms with E-state index in [1.165, 1.54) is 20.3 Å². The second-order valence-electron chi connectivity index (χ2n) is 8.93. The lowest BCUT2D eigenvalue weighted by Gasteiger charge is -2.30. The van der Waals surface area contributed by atoms with Crippen molar-refractivity contribution >= 4 is 17.7 Å². The Bertz CT molecular complexity index is 1410. The first-order valence-electron chi connectivity index (χ1n) is 12.3. The second-order valence-corrected chi connectivity index (χ2v) is 8.93. The summed E-state index contributed by atoms with van der Waals surface area (Å²) in [6, 6.07) is 14.0. The summed E-state index contributed by atoms with van der Waals surface area (Å²) in [7, 11) is 2.56. The quantitative estimate of drug-likeness (QED) is 0.377. The van der Waals surface area contributed by atoms with Gasteiger partial charge in [-0.3, -0.25) is 9.79 Å². The van der Waals surface area contributed by atoms with E-state index in [2.05, 4.69) is 4.99 Å². The number of rotatable bonds is 8. The van der Waals surface area contributed by atoms with Crippen molar-refractivity contribution in [2.75, 3.05) is 20.8 Å². The molecule has 198 valence electrons. The highest BCUT2D eigenvalue weighted by Gasteiger charge is 2.44. The molecule has 0 aliphatic carbocycles. The molecule has 2 atom stereocenters. The summed E-state index contributed by atoms with van der Waals surface area (Å²) in [4.78, 5) is 30.6. The number of methoxy groups -OCH3 is 2. The Morgan fingerprint density at radius 1 is 1.05 bits per heavy atom. The van der Waals surface area contributed by atoms with Gasteiger partial charge in [-0.2, -0.15) is 5.10 Å². The number of benzene rings is 2. The fourth-order valence-corrected chi connectivity index (χ4v) is 4.71. The van der Waals surface area contributed by atoms with E-state index in [9.17, 15) is 9.59 Å². The molecule has 1 unspecified atom stereocenters. The van der Waals surface area contributed by atoms with Crippen molar-refractivity contribution in [3.63, 3.8) is 0 Å². The minimum atomic E-state index is -0.915. The number of nitrogens with zero attached hydrogens (tertiary/aromatic N) is 3. The van der Waals surface area contributed by atoms with E-state index >= 15 is 4.39 Å². The van der Waals surface area contributed by atoms with Crippen LogP contribution in [0.15, 0.2) is 71.0 Å². The monoisotopic (exact) mass is 519 g/mol. The zero-order chi connectivity index (χ0) is 27.4. The molecule has 1 aliphatic rings. The number of carbonyl (C=O) groups is 2. The molecule has 0 spiro atoms. The number of aromatic nitrogens is 2. The number of aliphatic imine (C=N–C) groups is 1. The third-order valence-electron chi connectivity index (χ3n) is 6.45. The molecule has 1 aromatic heterocycles. The number of para-hydroxylation sites is 1. The highest BCUT2D eigenvalue weighted by atomic mass is 19.1. The highest BCUT2D eigenvalue weighted by molar-refractivity contribution is 6.07. The summed E-state index contributed by atoms with van der Waals surface area (Å²) in [5.41, 5.74) is 3.26. The largest absolute Gasteiger partial charge is 0.491 e. The summed E-state index contributed by atoms with van der Waals surface area (Å²) < 4.78 is 32.4. The second kappa shape index (κ2) is 11.4. The summed E-state index contributed by atoms with van der Waals surface area (Å²) in [5.74, 6) is -3.33. The van der Waals surface area contributed by atoms with Crippen molar-refractivity contribution in [3.05, 3.63) is 77.4 Å². The van der Waals surface area contributed by atoms with Gasteiger partial charge < -0.3 is 14.2 Å². The maximum atomic E-state index is 15.1. The normalized spacial score (nSPS) is 17.2. The third kappa shape index (κ3) is 5.09. The Hall–Kier alpha value is -4.27. The molecule has 2 aromatic carbocycles. The van der Waals surface area contributed by atoms with Crippen LogP contribution in [0.2, 0.25) is 0 Å². The molecular formula is C29H30FN3O5. The molecule has 0 radical (unpaired) electrons. The maximum Gasteiger partial charge on any atom is 0.336 e. The number of halogens is 1. The fourth-order valence-electron chi connectivity index (χ4n) is 4.71. The Labute approximate surface area is 220 Å². The lowest BCUT2D eigenvalue weighted by molar-refractivity contribution is -0.143. The van der Waals surface area contributed by atoms with Gasteiger partial charge in [0, 0.05) is 34.7 Å². The van der Waals surface area contributed by atoms with Gasteiger partial charge >= 0.3 is 11.9 Å². The summed E-state index contributed by atoms with van der Waals surface area (Å²) >= 11 is 0. The summed E-state index contributed by atoms with van der Waals surface area (Å²) in [6.45, 7) is 5.73. The molecule has 0 fully saturated rings. The number of carbonyl (C=O) groups excluding carboxylic acids is 2. The minimum absolute atomic E-state index is 0.138. The molecule has 0 saturated carbocycles. The smallest absolute Gasteiger partial charge is 0.336 e. The van der Waals surface area contributed by atoms with Crippen LogP contribution in [0.3, 0.4) is 0 Å². The van der Waals surface area contributed by atoms with E-state index in [0.29, 0.717) is 34.8 Å². The predicted octanol–water partition coefficient (Wildman–Crippen LogP) is 5.26. The van der Waals surface area contributed by atoms with E-state index in [4.69, 9.17) is 19.3 Å². The van der Waals surface area contributed by atoms with Gasteiger partial charge in [-0.15, -0.1) is 0 Å². The lowest BCUT2D eigenvalue weighted by Crippen LogP contribution is -2.36. The first kappa shape index (κ1) is 26.8. The van der Waals surface area contributed by atoms with Gasteiger partial charge in [0.05, 0.1) is 37.8 Å². The molecule has 1 aliphatic heterocycles. The van der Waals surface area contributed by atoms with Crippen LogP contribution in [0, 0.1) is 11.7 Å². The highest BCUT2D eigenvalue weighted by Crippen LogP contribution is 2.44. The van der Waals surface area contributed by atoms with Gasteiger partial charge in [0.25, 0.3) is 0 Å². The number of esters is 2. The van der Waals surface area contributed by atoms with Gasteiger partial charge in [-0.1, -0.05) is 25.1 Å². The van der Waals surface area contributed by atoms with E-state index < -0.39 is 29.6 Å². The van der Waals surface area contributed by atoms with Crippen molar-refractivity contribution in [3.8, 4) is 22.7 Å². The fraction of sp³-hybridized carbons (Fsp3) is 0.310. The zero-order valence-corrected chi connectivity index (χ0v) is 22.0. The number of ether oxygens (including phenoxy) is 3. The third-order valence-corrected chi connectivity index (χ3v) is 6.45. The topological polar surface area (TPSA) is 92.0 Å². The molecule has 0 saturated heterocycles. The van der Waals surface area contributed by atoms with Crippen LogP contribution in [0.1, 0.15) is 38.7 Å². The van der Waals surface area contributed by atoms with E-state index in [1.807, 2.05) is 37.3 Å². The molecule has 4 rings (SSSR count). The maximum absolute atomic E-state index is 15.1. The van der Waals surface area contributed by atoms with Crippen LogP contribution in [-0.2, 0) is 19.1 Å². The number of hydrogen-bond acceptors (Lipinski definition) is 7. The average molecular weight is 520 g/mol. The van der Waals surface area contributed by atoms with Crippen LogP contribution in [-0.4, -0.2) is 48.3 Å². The SMILES string of the molecule is CCCOc1ccc(-c2nn(-c3ccccc3)cc2[C@H]2C(C(=O)OC)=C(C)N=C(C)C2C(=O)OC)cc1F. The van der Waals surface area contributed by atoms with Crippen LogP contribution in [0.25, 0.3) is 16.9 Å². The molecule has 38 heavy (non-hydrogen) atoms. The van der Waals surface area contributed by atoms with Gasteiger partial charge in [0.2, 0.25) is 0 Å². The van der Waals surface area contributed by atoms with E-state index in [-0.39, 0.29) is 11.3 Å². The molecule has 8 nitrogen and oxygen atoms in total. The Morgan fingerprint density at radius 2 is 1.79 bits per heavy atom. The van der Waals surface area contributed by atoms with Crippen molar-refractivity contribution in [1.29, 1.82) is 0 Å². The van der Waals surface area contributed by atoms with Gasteiger partial charge in [0.15, 0.2) is 11.6 Å². The van der Waals surface area contributed by atoms with Gasteiger partial charge in [0.1, 0.15) is 5.92 Å².